The van der Waals surface area contributed by atoms with Crippen molar-refractivity contribution in [3.8, 4) is 0 Å². The summed E-state index contributed by atoms with van der Waals surface area (Å²) in [5.41, 5.74) is 2.31. The topological polar surface area (TPSA) is 84.0 Å². The normalized spacial score (nSPS) is 25.9. The van der Waals surface area contributed by atoms with Gasteiger partial charge in [-0.1, -0.05) is 17.7 Å². The van der Waals surface area contributed by atoms with Gasteiger partial charge in [0.15, 0.2) is 0 Å². The fraction of sp³-hybridized carbons (Fsp3) is 0.455. The maximum atomic E-state index is 12.8. The lowest BCUT2D eigenvalue weighted by molar-refractivity contribution is 0.0829. The molecule has 2 fully saturated rings. The molecule has 0 spiro atoms. The van der Waals surface area contributed by atoms with Crippen LogP contribution < -0.4 is 10.6 Å². The fourth-order valence-corrected chi connectivity index (χ4v) is 4.81. The van der Waals surface area contributed by atoms with Gasteiger partial charge in [-0.15, -0.1) is 0 Å². The van der Waals surface area contributed by atoms with Gasteiger partial charge in [-0.25, -0.2) is 4.98 Å². The zero-order valence-electron chi connectivity index (χ0n) is 16.4. The molecule has 0 radical (unpaired) electrons. The highest BCUT2D eigenvalue weighted by molar-refractivity contribution is 5.95. The van der Waals surface area contributed by atoms with Crippen LogP contribution in [0.25, 0.3) is 0 Å². The Balaban J connectivity index is 1.48. The number of benzene rings is 1. The molecule has 0 aliphatic heterocycles. The van der Waals surface area contributed by atoms with Crippen LogP contribution in [-0.4, -0.2) is 32.9 Å². The zero-order chi connectivity index (χ0) is 19.8. The van der Waals surface area contributed by atoms with Crippen molar-refractivity contribution in [3.63, 3.8) is 0 Å². The van der Waals surface area contributed by atoms with Gasteiger partial charge in [0.05, 0.1) is 11.9 Å². The third kappa shape index (κ3) is 3.63. The van der Waals surface area contributed by atoms with E-state index < -0.39 is 0 Å². The van der Waals surface area contributed by atoms with Gasteiger partial charge in [-0.2, -0.15) is 0 Å². The average Bonchev–Trinajstić information content (AvgIpc) is 2.91. The predicted molar refractivity (Wildman–Crippen MR) is 106 cm³/mol. The molecule has 4 rings (SSSR count). The van der Waals surface area contributed by atoms with Crippen LogP contribution in [0.1, 0.15) is 70.6 Å². The van der Waals surface area contributed by atoms with Crippen molar-refractivity contribution in [1.82, 2.24) is 20.6 Å². The maximum Gasteiger partial charge on any atom is 0.271 e. The van der Waals surface area contributed by atoms with Gasteiger partial charge >= 0.3 is 0 Å². The summed E-state index contributed by atoms with van der Waals surface area (Å²) < 4.78 is 0. The van der Waals surface area contributed by atoms with E-state index in [1.807, 2.05) is 38.1 Å². The van der Waals surface area contributed by atoms with E-state index in [-0.39, 0.29) is 22.9 Å². The average molecular weight is 378 g/mol. The number of nitrogens with zero attached hydrogens (tertiary/aromatic N) is 2. The summed E-state index contributed by atoms with van der Waals surface area (Å²) in [7, 11) is 0. The summed E-state index contributed by atoms with van der Waals surface area (Å²) in [5.74, 6) is -0.212. The Labute approximate surface area is 165 Å². The monoisotopic (exact) mass is 378 g/mol. The van der Waals surface area contributed by atoms with Crippen molar-refractivity contribution in [2.24, 2.45) is 0 Å². The Morgan fingerprint density at radius 3 is 2.36 bits per heavy atom. The number of aryl methyl sites for hydroxylation is 2. The first-order valence-electron chi connectivity index (χ1n) is 9.89. The van der Waals surface area contributed by atoms with Crippen molar-refractivity contribution in [2.45, 2.75) is 63.5 Å². The van der Waals surface area contributed by atoms with E-state index in [0.717, 1.165) is 49.8 Å². The Morgan fingerprint density at radius 1 is 0.964 bits per heavy atom. The van der Waals surface area contributed by atoms with Gasteiger partial charge in [0, 0.05) is 22.8 Å². The Morgan fingerprint density at radius 2 is 1.68 bits per heavy atom. The first kappa shape index (κ1) is 18.6. The predicted octanol–water partition coefficient (Wildman–Crippen LogP) is 3.10. The summed E-state index contributed by atoms with van der Waals surface area (Å²) in [4.78, 5) is 33.9. The van der Waals surface area contributed by atoms with Gasteiger partial charge in [-0.3, -0.25) is 14.6 Å². The fourth-order valence-electron chi connectivity index (χ4n) is 4.81. The molecule has 2 N–H and O–H groups in total. The van der Waals surface area contributed by atoms with Crippen molar-refractivity contribution < 1.29 is 9.59 Å². The number of hydrogen-bond acceptors (Lipinski definition) is 4. The summed E-state index contributed by atoms with van der Waals surface area (Å²) in [5, 5.41) is 6.52. The van der Waals surface area contributed by atoms with E-state index in [4.69, 9.17) is 0 Å². The molecule has 0 unspecified atom stereocenters. The van der Waals surface area contributed by atoms with Gasteiger partial charge in [-0.05, 0) is 64.5 Å². The lowest BCUT2D eigenvalue weighted by Gasteiger charge is -2.40. The molecule has 2 aliphatic carbocycles. The minimum absolute atomic E-state index is 0.0303. The Bertz CT molecular complexity index is 855. The smallest absolute Gasteiger partial charge is 0.271 e. The number of hydrogen-bond donors (Lipinski definition) is 2. The lowest BCUT2D eigenvalue weighted by atomic mass is 9.78. The summed E-state index contributed by atoms with van der Waals surface area (Å²) >= 11 is 0. The molecule has 2 bridgehead atoms. The van der Waals surface area contributed by atoms with Crippen LogP contribution in [0.4, 0.5) is 0 Å². The second-order valence-corrected chi connectivity index (χ2v) is 8.41. The molecular formula is C22H26N4O2. The van der Waals surface area contributed by atoms with E-state index in [9.17, 15) is 9.59 Å². The summed E-state index contributed by atoms with van der Waals surface area (Å²) in [6.07, 6.45) is 8.51. The summed E-state index contributed by atoms with van der Waals surface area (Å²) in [6.45, 7) is 3.81. The minimum atomic E-state index is -0.277. The SMILES string of the molecule is Cc1cccc(C(=O)N[C@]23CCC[C@](NC(=O)c4cncc(C)n4)(CC2)C3)c1. The third-order valence-electron chi connectivity index (χ3n) is 6.09. The largest absolute Gasteiger partial charge is 0.347 e. The van der Waals surface area contributed by atoms with Gasteiger partial charge < -0.3 is 10.6 Å². The van der Waals surface area contributed by atoms with Crippen molar-refractivity contribution in [3.05, 3.63) is 59.2 Å². The van der Waals surface area contributed by atoms with E-state index >= 15 is 0 Å². The molecule has 1 heterocycles. The van der Waals surface area contributed by atoms with E-state index in [0.29, 0.717) is 11.3 Å². The first-order chi connectivity index (χ1) is 13.4. The second-order valence-electron chi connectivity index (χ2n) is 8.41. The molecule has 146 valence electrons. The highest BCUT2D eigenvalue weighted by atomic mass is 16.2. The van der Waals surface area contributed by atoms with Crippen LogP contribution in [0.2, 0.25) is 0 Å². The number of rotatable bonds is 4. The van der Waals surface area contributed by atoms with Crippen LogP contribution in [0.3, 0.4) is 0 Å². The molecule has 28 heavy (non-hydrogen) atoms. The molecule has 2 atom stereocenters. The molecule has 2 saturated carbocycles. The zero-order valence-corrected chi connectivity index (χ0v) is 16.4. The van der Waals surface area contributed by atoms with Crippen molar-refractivity contribution in [1.29, 1.82) is 0 Å². The lowest BCUT2D eigenvalue weighted by Crippen LogP contribution is -2.55. The van der Waals surface area contributed by atoms with Crippen LogP contribution in [-0.2, 0) is 0 Å². The number of nitrogens with one attached hydrogen (secondary N) is 2. The van der Waals surface area contributed by atoms with E-state index in [2.05, 4.69) is 20.6 Å². The molecule has 6 nitrogen and oxygen atoms in total. The molecule has 2 amide bonds. The first-order valence-corrected chi connectivity index (χ1v) is 9.89. The highest BCUT2D eigenvalue weighted by Crippen LogP contribution is 2.48. The van der Waals surface area contributed by atoms with Gasteiger partial charge in [0.2, 0.25) is 0 Å². The molecule has 2 aliphatic rings. The van der Waals surface area contributed by atoms with Crippen LogP contribution in [0.15, 0.2) is 36.7 Å². The molecule has 0 saturated heterocycles. The van der Waals surface area contributed by atoms with E-state index in [1.165, 1.54) is 6.20 Å². The Hall–Kier alpha value is -2.76. The highest BCUT2D eigenvalue weighted by Gasteiger charge is 2.52. The quantitative estimate of drug-likeness (QED) is 0.856. The van der Waals surface area contributed by atoms with Gasteiger partial charge in [0.25, 0.3) is 11.8 Å². The standard InChI is InChI=1S/C22H26N4O2/c1-15-5-3-6-17(11-15)19(27)25-21-7-4-8-22(14-21,10-9-21)26-20(28)18-13-23-12-16(2)24-18/h3,5-6,11-13H,4,7-10,14H2,1-2H3,(H,25,27)(H,26,28)/t21-,22+/m1/s1. The number of aromatic nitrogens is 2. The van der Waals surface area contributed by atoms with Crippen LogP contribution >= 0.6 is 0 Å². The number of carbonyl (C=O) groups is 2. The van der Waals surface area contributed by atoms with Crippen LogP contribution in [0, 0.1) is 13.8 Å². The molecule has 6 heteroatoms. The number of carbonyl (C=O) groups excluding carboxylic acids is 2. The minimum Gasteiger partial charge on any atom is -0.347 e. The van der Waals surface area contributed by atoms with E-state index in [1.54, 1.807) is 6.20 Å². The molecular weight excluding hydrogens is 352 g/mol. The summed E-state index contributed by atoms with van der Waals surface area (Å²) in [6, 6.07) is 7.65. The number of fused-ring (bicyclic) bond motifs is 2. The van der Waals surface area contributed by atoms with Crippen molar-refractivity contribution in [2.75, 3.05) is 0 Å². The third-order valence-corrected chi connectivity index (χ3v) is 6.09. The van der Waals surface area contributed by atoms with Gasteiger partial charge in [0.1, 0.15) is 5.69 Å². The van der Waals surface area contributed by atoms with Crippen molar-refractivity contribution >= 4 is 11.8 Å². The molecule has 1 aromatic heterocycles. The molecule has 1 aromatic carbocycles. The second kappa shape index (κ2) is 7.00. The maximum absolute atomic E-state index is 12.8. The Kier molecular flexibility index (Phi) is 4.65. The number of amides is 2. The molecule has 2 aromatic rings. The van der Waals surface area contributed by atoms with Crippen LogP contribution in [0.5, 0.6) is 0 Å².